The third-order valence-corrected chi connectivity index (χ3v) is 7.80. The molecule has 0 saturated heterocycles. The maximum atomic E-state index is 13.6. The first-order valence-corrected chi connectivity index (χ1v) is 17.6. The molecule has 1 aliphatic heterocycles. The number of nitrogens with one attached hydrogen (secondary N) is 2. The molecule has 0 radical (unpaired) electrons. The van der Waals surface area contributed by atoms with Gasteiger partial charge in [-0.2, -0.15) is 0 Å². The van der Waals surface area contributed by atoms with Crippen molar-refractivity contribution in [3.8, 4) is 22.5 Å². The summed E-state index contributed by atoms with van der Waals surface area (Å²) < 4.78 is 1.93. The zero-order chi connectivity index (χ0) is 36.8. The van der Waals surface area contributed by atoms with E-state index in [-0.39, 0.29) is 39.5 Å². The molecule has 9 heteroatoms. The van der Waals surface area contributed by atoms with Crippen LogP contribution in [-0.2, 0) is 27.5 Å². The van der Waals surface area contributed by atoms with Gasteiger partial charge in [-0.15, -0.1) is 5.10 Å². The van der Waals surface area contributed by atoms with Crippen LogP contribution < -0.4 is 15.5 Å². The second-order valence-electron chi connectivity index (χ2n) is 17.4. The summed E-state index contributed by atoms with van der Waals surface area (Å²) in [5.74, 6) is 0.448. The second-order valence-corrected chi connectivity index (χ2v) is 17.4. The van der Waals surface area contributed by atoms with Crippen LogP contribution in [0, 0.1) is 10.8 Å². The number of fused-ring (bicyclic) bond motifs is 5. The topological polar surface area (TPSA) is 109 Å². The fourth-order valence-corrected chi connectivity index (χ4v) is 5.51. The van der Waals surface area contributed by atoms with Crippen LogP contribution in [0.25, 0.3) is 22.5 Å². The average Bonchev–Trinajstić information content (AvgIpc) is 3.35. The molecule has 0 saturated carbocycles. The zero-order valence-corrected chi connectivity index (χ0v) is 32.1. The van der Waals surface area contributed by atoms with Crippen molar-refractivity contribution < 1.29 is 14.4 Å². The van der Waals surface area contributed by atoms with E-state index in [1.165, 1.54) is 0 Å². The molecule has 4 rings (SSSR count). The predicted octanol–water partition coefficient (Wildman–Crippen LogP) is 7.97. The Morgan fingerprint density at radius 2 is 1.39 bits per heavy atom. The molecule has 268 valence electrons. The first-order chi connectivity index (χ1) is 22.6. The van der Waals surface area contributed by atoms with Crippen molar-refractivity contribution in [3.05, 3.63) is 54.1 Å². The van der Waals surface area contributed by atoms with E-state index in [9.17, 15) is 14.4 Å². The molecule has 9 nitrogen and oxygen atoms in total. The minimum absolute atomic E-state index is 0.00552. The number of ketones is 1. The number of amides is 2. The highest BCUT2D eigenvalue weighted by atomic mass is 16.2. The van der Waals surface area contributed by atoms with Crippen molar-refractivity contribution in [2.75, 3.05) is 11.4 Å². The minimum Gasteiger partial charge on any atom is -0.351 e. The Balaban J connectivity index is 0.000000509. The molecule has 0 bridgehead atoms. The van der Waals surface area contributed by atoms with Gasteiger partial charge in [0.05, 0.1) is 17.9 Å². The van der Waals surface area contributed by atoms with Crippen LogP contribution in [0.1, 0.15) is 114 Å². The minimum atomic E-state index is -0.284. The maximum absolute atomic E-state index is 13.6. The Bertz CT molecular complexity index is 1600. The van der Waals surface area contributed by atoms with Gasteiger partial charge in [-0.3, -0.25) is 14.4 Å². The third kappa shape index (κ3) is 12.2. The number of hydrogen-bond acceptors (Lipinski definition) is 6. The highest BCUT2D eigenvalue weighted by Gasteiger charge is 2.29. The second kappa shape index (κ2) is 15.8. The summed E-state index contributed by atoms with van der Waals surface area (Å²) in [7, 11) is 0. The Labute approximate surface area is 294 Å². The van der Waals surface area contributed by atoms with E-state index >= 15 is 0 Å². The van der Waals surface area contributed by atoms with Gasteiger partial charge < -0.3 is 15.5 Å². The molecule has 2 N–H and O–H groups in total. The fraction of sp³-hybridized carbons (Fsp3) is 0.575. The molecular weight excluding hydrogens is 612 g/mol. The maximum Gasteiger partial charge on any atom is 0.228 e. The monoisotopic (exact) mass is 672 g/mol. The van der Waals surface area contributed by atoms with E-state index in [0.717, 1.165) is 33.8 Å². The summed E-state index contributed by atoms with van der Waals surface area (Å²) in [6.45, 7) is 25.9. The molecule has 0 fully saturated rings. The quantitative estimate of drug-likeness (QED) is 0.251. The lowest BCUT2D eigenvalue weighted by atomic mass is 9.89. The van der Waals surface area contributed by atoms with E-state index in [1.54, 1.807) is 0 Å². The van der Waals surface area contributed by atoms with Gasteiger partial charge in [0.15, 0.2) is 0 Å². The van der Waals surface area contributed by atoms with Gasteiger partial charge in [0, 0.05) is 60.0 Å². The lowest BCUT2D eigenvalue weighted by Crippen LogP contribution is -2.46. The number of benzene rings is 2. The Morgan fingerprint density at radius 1 is 0.776 bits per heavy atom. The van der Waals surface area contributed by atoms with Crippen molar-refractivity contribution in [1.82, 2.24) is 25.6 Å². The first-order valence-electron chi connectivity index (χ1n) is 17.6. The lowest BCUT2D eigenvalue weighted by Gasteiger charge is -2.29. The summed E-state index contributed by atoms with van der Waals surface area (Å²) in [5.41, 5.74) is 5.05. The zero-order valence-electron chi connectivity index (χ0n) is 32.1. The van der Waals surface area contributed by atoms with Crippen LogP contribution in [-0.4, -0.2) is 50.2 Å². The number of anilines is 1. The number of para-hydroxylation sites is 1. The van der Waals surface area contributed by atoms with Crippen LogP contribution in [0.15, 0.2) is 48.5 Å². The number of rotatable bonds is 8. The van der Waals surface area contributed by atoms with E-state index in [0.29, 0.717) is 45.3 Å². The Morgan fingerprint density at radius 3 is 1.96 bits per heavy atom. The smallest absolute Gasteiger partial charge is 0.228 e. The SMILES string of the molecule is CC(C)(C)CC(=O)CCCn1nnc2c1-c1ccccc1CN(C(=O)CCNC(C)(C)C)c1ccccc1-2.CC(C)(C)NC(=O)C(C)(C)C. The fourth-order valence-electron chi connectivity index (χ4n) is 5.51. The van der Waals surface area contributed by atoms with Crippen LogP contribution in [0.3, 0.4) is 0 Å². The summed E-state index contributed by atoms with van der Waals surface area (Å²) in [4.78, 5) is 39.3. The molecule has 2 amide bonds. The summed E-state index contributed by atoms with van der Waals surface area (Å²) in [6, 6.07) is 16.1. The lowest BCUT2D eigenvalue weighted by molar-refractivity contribution is -0.130. The molecular formula is C40H60N6O3. The Kier molecular flexibility index (Phi) is 12.8. The molecule has 49 heavy (non-hydrogen) atoms. The molecule has 2 aromatic carbocycles. The van der Waals surface area contributed by atoms with E-state index in [4.69, 9.17) is 0 Å². The summed E-state index contributed by atoms with van der Waals surface area (Å²) >= 11 is 0. The van der Waals surface area contributed by atoms with Crippen molar-refractivity contribution in [2.24, 2.45) is 10.8 Å². The highest BCUT2D eigenvalue weighted by molar-refractivity contribution is 6.00. The van der Waals surface area contributed by atoms with Crippen molar-refractivity contribution in [1.29, 1.82) is 0 Å². The highest BCUT2D eigenvalue weighted by Crippen LogP contribution is 2.41. The van der Waals surface area contributed by atoms with Crippen molar-refractivity contribution in [2.45, 2.75) is 133 Å². The summed E-state index contributed by atoms with van der Waals surface area (Å²) in [6.07, 6.45) is 2.21. The van der Waals surface area contributed by atoms with Crippen LogP contribution in [0.5, 0.6) is 0 Å². The first kappa shape index (κ1) is 39.6. The number of carbonyl (C=O) groups is 3. The number of aryl methyl sites for hydroxylation is 1. The van der Waals surface area contributed by atoms with Crippen LogP contribution >= 0.6 is 0 Å². The van der Waals surface area contributed by atoms with Crippen LogP contribution in [0.4, 0.5) is 5.69 Å². The van der Waals surface area contributed by atoms with E-state index in [2.05, 4.69) is 74.6 Å². The Hall–Kier alpha value is -3.85. The number of aromatic nitrogens is 3. The summed E-state index contributed by atoms with van der Waals surface area (Å²) in [5, 5.41) is 15.5. The molecule has 0 atom stereocenters. The molecule has 0 unspecified atom stereocenters. The van der Waals surface area contributed by atoms with Gasteiger partial charge in [-0.1, -0.05) is 89.2 Å². The molecule has 0 spiro atoms. The van der Waals surface area contributed by atoms with Gasteiger partial charge in [0.2, 0.25) is 11.8 Å². The van der Waals surface area contributed by atoms with Crippen molar-refractivity contribution >= 4 is 23.3 Å². The van der Waals surface area contributed by atoms with E-state index < -0.39 is 0 Å². The molecule has 1 aromatic heterocycles. The van der Waals surface area contributed by atoms with Gasteiger partial charge in [0.25, 0.3) is 0 Å². The number of Topliss-reactive ketones (excluding diaryl/α,β-unsaturated/α-hetero) is 1. The van der Waals surface area contributed by atoms with Gasteiger partial charge in [-0.25, -0.2) is 4.68 Å². The number of carbonyl (C=O) groups excluding carboxylic acids is 3. The predicted molar refractivity (Wildman–Crippen MR) is 200 cm³/mol. The van der Waals surface area contributed by atoms with Crippen LogP contribution in [0.2, 0.25) is 0 Å². The third-order valence-electron chi connectivity index (χ3n) is 7.80. The standard InChI is InChI=1S/C31H41N5O2.C9H19NO/c1-30(2,3)20-23(37)13-11-19-36-29-24-14-8-7-12-22(24)21-35(27(38)17-18-32-31(4,5)6)26-16-10-9-15-25(26)28(29)33-34-36;1-8(2,3)7(11)10-9(4,5)6/h7-10,12,14-16,32H,11,13,17-21H2,1-6H3;1-6H3,(H,10,11). The largest absolute Gasteiger partial charge is 0.351 e. The van der Waals surface area contributed by atoms with Gasteiger partial charge in [-0.05, 0) is 65.0 Å². The molecule has 3 aromatic rings. The average molecular weight is 673 g/mol. The van der Waals surface area contributed by atoms with Gasteiger partial charge >= 0.3 is 0 Å². The van der Waals surface area contributed by atoms with Crippen molar-refractivity contribution in [3.63, 3.8) is 0 Å². The van der Waals surface area contributed by atoms with E-state index in [1.807, 2.05) is 87.5 Å². The molecule has 1 aliphatic rings. The number of nitrogens with zero attached hydrogens (tertiary/aromatic N) is 4. The molecule has 0 aliphatic carbocycles. The normalized spacial score (nSPS) is 13.2. The van der Waals surface area contributed by atoms with Gasteiger partial charge in [0.1, 0.15) is 11.5 Å². The number of hydrogen-bond donors (Lipinski definition) is 2. The molecule has 2 heterocycles.